The number of nitrogen functional groups attached to an aromatic ring is 1. The van der Waals surface area contributed by atoms with Crippen LogP contribution in [0.5, 0.6) is 0 Å². The van der Waals surface area contributed by atoms with Gasteiger partial charge < -0.3 is 16.8 Å². The molecule has 3 rings (SSSR count). The van der Waals surface area contributed by atoms with E-state index in [1.807, 2.05) is 30.3 Å². The van der Waals surface area contributed by atoms with Crippen molar-refractivity contribution in [1.82, 2.24) is 4.98 Å². The minimum atomic E-state index is -0.482. The first-order valence-corrected chi connectivity index (χ1v) is 7.43. The topological polar surface area (TPSA) is 94.0 Å². The molecule has 0 aliphatic heterocycles. The maximum absolute atomic E-state index is 11.7. The van der Waals surface area contributed by atoms with Gasteiger partial charge in [0.05, 0.1) is 5.56 Å². The smallest absolute Gasteiger partial charge is 0.251 e. The molecule has 3 aromatic rings. The van der Waals surface area contributed by atoms with Crippen molar-refractivity contribution >= 4 is 33.8 Å². The van der Waals surface area contributed by atoms with Gasteiger partial charge in [-0.3, -0.25) is 4.79 Å². The minimum absolute atomic E-state index is 0.438. The van der Waals surface area contributed by atoms with E-state index in [1.54, 1.807) is 24.4 Å². The van der Waals surface area contributed by atoms with Crippen molar-refractivity contribution in [3.8, 4) is 10.4 Å². The van der Waals surface area contributed by atoms with Gasteiger partial charge in [0, 0.05) is 22.8 Å². The Morgan fingerprint density at radius 3 is 2.59 bits per heavy atom. The van der Waals surface area contributed by atoms with Crippen molar-refractivity contribution in [3.63, 3.8) is 0 Å². The number of anilines is 3. The summed E-state index contributed by atoms with van der Waals surface area (Å²) in [4.78, 5) is 16.8. The molecule has 2 heterocycles. The molecule has 0 aliphatic carbocycles. The molecule has 0 spiro atoms. The SMILES string of the molecule is NC(=O)c1cc(-c2ccccc2)sc1Nc1cc(N)ccn1. The molecular formula is C16H14N4OS. The maximum atomic E-state index is 11.7. The van der Waals surface area contributed by atoms with Crippen molar-refractivity contribution in [1.29, 1.82) is 0 Å². The average Bonchev–Trinajstić information content (AvgIpc) is 2.92. The third kappa shape index (κ3) is 2.91. The summed E-state index contributed by atoms with van der Waals surface area (Å²) in [5.41, 5.74) is 13.3. The van der Waals surface area contributed by atoms with Crippen LogP contribution in [0.2, 0.25) is 0 Å². The number of benzene rings is 1. The highest BCUT2D eigenvalue weighted by molar-refractivity contribution is 7.19. The van der Waals surface area contributed by atoms with Crippen LogP contribution in [0.25, 0.3) is 10.4 Å². The molecule has 5 nitrogen and oxygen atoms in total. The second-order valence-electron chi connectivity index (χ2n) is 4.68. The molecule has 0 fully saturated rings. The van der Waals surface area contributed by atoms with Crippen molar-refractivity contribution in [2.75, 3.05) is 11.1 Å². The fraction of sp³-hybridized carbons (Fsp3) is 0. The van der Waals surface area contributed by atoms with Crippen LogP contribution < -0.4 is 16.8 Å². The molecule has 0 bridgehead atoms. The van der Waals surface area contributed by atoms with Crippen LogP contribution in [0, 0.1) is 0 Å². The molecule has 0 radical (unpaired) electrons. The van der Waals surface area contributed by atoms with E-state index in [2.05, 4.69) is 10.3 Å². The zero-order valence-corrected chi connectivity index (χ0v) is 12.4. The number of carbonyl (C=O) groups is 1. The molecule has 22 heavy (non-hydrogen) atoms. The summed E-state index contributed by atoms with van der Waals surface area (Å²) >= 11 is 1.45. The first-order chi connectivity index (χ1) is 10.6. The Kier molecular flexibility index (Phi) is 3.76. The Morgan fingerprint density at radius 1 is 1.14 bits per heavy atom. The lowest BCUT2D eigenvalue weighted by atomic mass is 10.1. The second-order valence-corrected chi connectivity index (χ2v) is 5.74. The van der Waals surface area contributed by atoms with Crippen molar-refractivity contribution in [3.05, 3.63) is 60.3 Å². The van der Waals surface area contributed by atoms with Gasteiger partial charge in [-0.2, -0.15) is 0 Å². The van der Waals surface area contributed by atoms with E-state index in [-0.39, 0.29) is 0 Å². The predicted octanol–water partition coefficient (Wildman–Crippen LogP) is 3.23. The number of nitrogens with two attached hydrogens (primary N) is 2. The third-order valence-electron chi connectivity index (χ3n) is 3.08. The normalized spacial score (nSPS) is 10.4. The molecule has 1 aromatic carbocycles. The summed E-state index contributed by atoms with van der Waals surface area (Å²) in [5, 5.41) is 3.77. The number of pyridine rings is 1. The van der Waals surface area contributed by atoms with Gasteiger partial charge in [-0.05, 0) is 17.7 Å². The lowest BCUT2D eigenvalue weighted by molar-refractivity contribution is 0.100. The number of primary amides is 1. The van der Waals surface area contributed by atoms with Crippen molar-refractivity contribution in [2.45, 2.75) is 0 Å². The van der Waals surface area contributed by atoms with Gasteiger partial charge in [-0.15, -0.1) is 11.3 Å². The number of rotatable bonds is 4. The monoisotopic (exact) mass is 310 g/mol. The number of nitrogens with one attached hydrogen (secondary N) is 1. The van der Waals surface area contributed by atoms with Gasteiger partial charge in [0.25, 0.3) is 5.91 Å². The van der Waals surface area contributed by atoms with Gasteiger partial charge in [-0.25, -0.2) is 4.98 Å². The first-order valence-electron chi connectivity index (χ1n) is 6.61. The lowest BCUT2D eigenvalue weighted by Crippen LogP contribution is -2.11. The highest BCUT2D eigenvalue weighted by Gasteiger charge is 2.15. The van der Waals surface area contributed by atoms with E-state index in [0.717, 1.165) is 10.4 Å². The fourth-order valence-electron chi connectivity index (χ4n) is 2.04. The molecule has 110 valence electrons. The number of thiophene rings is 1. The molecule has 1 amide bonds. The van der Waals surface area contributed by atoms with Crippen molar-refractivity contribution < 1.29 is 4.79 Å². The Morgan fingerprint density at radius 2 is 1.91 bits per heavy atom. The number of amides is 1. The van der Waals surface area contributed by atoms with Crippen molar-refractivity contribution in [2.24, 2.45) is 5.73 Å². The molecule has 2 aromatic heterocycles. The van der Waals surface area contributed by atoms with E-state index < -0.39 is 5.91 Å². The summed E-state index contributed by atoms with van der Waals surface area (Å²) < 4.78 is 0. The Labute approximate surface area is 131 Å². The average molecular weight is 310 g/mol. The van der Waals surface area contributed by atoms with E-state index >= 15 is 0 Å². The molecule has 0 saturated heterocycles. The quantitative estimate of drug-likeness (QED) is 0.689. The van der Waals surface area contributed by atoms with Crippen LogP contribution in [0.15, 0.2) is 54.7 Å². The van der Waals surface area contributed by atoms with Gasteiger partial charge in [0.1, 0.15) is 10.8 Å². The largest absolute Gasteiger partial charge is 0.399 e. The van der Waals surface area contributed by atoms with Crippen LogP contribution >= 0.6 is 11.3 Å². The zero-order valence-electron chi connectivity index (χ0n) is 11.6. The molecule has 5 N–H and O–H groups in total. The molecule has 0 unspecified atom stereocenters. The van der Waals surface area contributed by atoms with Gasteiger partial charge in [0.15, 0.2) is 0 Å². The number of hydrogen-bond acceptors (Lipinski definition) is 5. The van der Waals surface area contributed by atoms with Crippen LogP contribution in [0.3, 0.4) is 0 Å². The van der Waals surface area contributed by atoms with Crippen LogP contribution in [0.1, 0.15) is 10.4 Å². The minimum Gasteiger partial charge on any atom is -0.399 e. The van der Waals surface area contributed by atoms with Crippen LogP contribution in [-0.4, -0.2) is 10.9 Å². The second kappa shape index (κ2) is 5.87. The Bertz CT molecular complexity index is 814. The molecule has 0 saturated carbocycles. The number of nitrogens with zero attached hydrogens (tertiary/aromatic N) is 1. The summed E-state index contributed by atoms with van der Waals surface area (Å²) in [5.74, 6) is 0.0915. The van der Waals surface area contributed by atoms with E-state index in [4.69, 9.17) is 11.5 Å². The third-order valence-corrected chi connectivity index (χ3v) is 4.18. The standard InChI is InChI=1S/C16H14N4OS/c17-11-6-7-19-14(8-11)20-16-12(15(18)21)9-13(22-16)10-4-2-1-3-5-10/h1-9H,(H2,18,21)(H3,17,19,20). The summed E-state index contributed by atoms with van der Waals surface area (Å²) in [6, 6.07) is 15.0. The maximum Gasteiger partial charge on any atom is 0.251 e. The first kappa shape index (κ1) is 14.1. The van der Waals surface area contributed by atoms with Gasteiger partial charge in [-0.1, -0.05) is 30.3 Å². The summed E-state index contributed by atoms with van der Waals surface area (Å²) in [7, 11) is 0. The predicted molar refractivity (Wildman–Crippen MR) is 90.2 cm³/mol. The van der Waals surface area contributed by atoms with Crippen LogP contribution in [-0.2, 0) is 0 Å². The number of carbonyl (C=O) groups excluding carboxylic acids is 1. The fourth-order valence-corrected chi connectivity index (χ4v) is 3.12. The highest BCUT2D eigenvalue weighted by Crippen LogP contribution is 2.36. The van der Waals surface area contributed by atoms with E-state index in [9.17, 15) is 4.79 Å². The van der Waals surface area contributed by atoms with Gasteiger partial charge >= 0.3 is 0 Å². The van der Waals surface area contributed by atoms with Gasteiger partial charge in [0.2, 0.25) is 0 Å². The van der Waals surface area contributed by atoms with Crippen LogP contribution in [0.4, 0.5) is 16.5 Å². The zero-order chi connectivity index (χ0) is 15.5. The molecule has 0 atom stereocenters. The molecule has 6 heteroatoms. The number of aromatic nitrogens is 1. The van der Waals surface area contributed by atoms with E-state index in [1.165, 1.54) is 11.3 Å². The summed E-state index contributed by atoms with van der Waals surface area (Å²) in [6.07, 6.45) is 1.60. The molecule has 0 aliphatic rings. The Balaban J connectivity index is 2.00. The van der Waals surface area contributed by atoms with E-state index in [0.29, 0.717) is 22.1 Å². The highest BCUT2D eigenvalue weighted by atomic mass is 32.1. The molecular weight excluding hydrogens is 296 g/mol. The summed E-state index contributed by atoms with van der Waals surface area (Å²) in [6.45, 7) is 0. The Hall–Kier alpha value is -2.86. The number of hydrogen-bond donors (Lipinski definition) is 3. The lowest BCUT2D eigenvalue weighted by Gasteiger charge is -2.05.